The Morgan fingerprint density at radius 1 is 1.19 bits per heavy atom. The summed E-state index contributed by atoms with van der Waals surface area (Å²) in [5.74, 6) is 1.22. The van der Waals surface area contributed by atoms with E-state index in [1.165, 1.54) is 0 Å². The minimum absolute atomic E-state index is 0.0126. The molecule has 1 spiro atoms. The second-order valence-corrected chi connectivity index (χ2v) is 9.00. The van der Waals surface area contributed by atoms with Crippen molar-refractivity contribution in [2.24, 2.45) is 16.3 Å². The highest BCUT2D eigenvalue weighted by Crippen LogP contribution is 2.56. The molecule has 2 bridgehead atoms. The van der Waals surface area contributed by atoms with Crippen molar-refractivity contribution < 1.29 is 14.3 Å². The van der Waals surface area contributed by atoms with Gasteiger partial charge < -0.3 is 9.47 Å². The van der Waals surface area contributed by atoms with Crippen molar-refractivity contribution in [3.63, 3.8) is 0 Å². The summed E-state index contributed by atoms with van der Waals surface area (Å²) < 4.78 is 12.8. The highest BCUT2D eigenvalue weighted by molar-refractivity contribution is 6.06. The summed E-state index contributed by atoms with van der Waals surface area (Å²) in [5.41, 5.74) is 2.34. The Labute approximate surface area is 152 Å². The average molecular weight is 350 g/mol. The average Bonchev–Trinajstić information content (AvgIpc) is 3.32. The number of hydrogen-bond donors (Lipinski definition) is 0. The van der Waals surface area contributed by atoms with Crippen molar-refractivity contribution in [1.82, 2.24) is 4.90 Å². The monoisotopic (exact) mass is 350 g/mol. The van der Waals surface area contributed by atoms with Crippen LogP contribution < -0.4 is 0 Å². The van der Waals surface area contributed by atoms with Crippen LogP contribution in [-0.2, 0) is 14.3 Å². The smallest absolute Gasteiger partial charge is 0.256 e. The number of carbonyl (C=O) groups is 1. The third-order valence-corrected chi connectivity index (χ3v) is 6.54. The van der Waals surface area contributed by atoms with Crippen molar-refractivity contribution >= 4 is 11.6 Å². The molecule has 4 aliphatic heterocycles. The Hall–Kier alpha value is -2.14. The van der Waals surface area contributed by atoms with Gasteiger partial charge in [-0.05, 0) is 23.8 Å². The van der Waals surface area contributed by atoms with Crippen molar-refractivity contribution in [2.45, 2.75) is 51.2 Å². The van der Waals surface area contributed by atoms with Crippen molar-refractivity contribution in [1.29, 1.82) is 0 Å². The molecule has 1 aliphatic carbocycles. The topological polar surface area (TPSA) is 51.1 Å². The molecule has 5 aliphatic rings. The fourth-order valence-electron chi connectivity index (χ4n) is 5.42. The van der Waals surface area contributed by atoms with Crippen molar-refractivity contribution in [2.75, 3.05) is 6.54 Å². The van der Waals surface area contributed by atoms with E-state index in [0.29, 0.717) is 6.54 Å². The van der Waals surface area contributed by atoms with E-state index in [-0.39, 0.29) is 23.3 Å². The second kappa shape index (κ2) is 4.58. The Balaban J connectivity index is 1.40. The number of benzene rings is 1. The predicted molar refractivity (Wildman–Crippen MR) is 95.3 cm³/mol. The van der Waals surface area contributed by atoms with Crippen molar-refractivity contribution in [3.8, 4) is 0 Å². The lowest BCUT2D eigenvalue weighted by atomic mass is 9.89. The van der Waals surface area contributed by atoms with Crippen LogP contribution in [0.2, 0.25) is 0 Å². The van der Waals surface area contributed by atoms with Crippen LogP contribution in [0, 0.1) is 11.3 Å². The molecule has 1 amide bonds. The van der Waals surface area contributed by atoms with Crippen LogP contribution in [0.5, 0.6) is 0 Å². The predicted octanol–water partition coefficient (Wildman–Crippen LogP) is 2.86. The van der Waals surface area contributed by atoms with Crippen LogP contribution in [0.1, 0.15) is 38.7 Å². The maximum absolute atomic E-state index is 13.1. The van der Waals surface area contributed by atoms with E-state index in [1.54, 1.807) is 0 Å². The van der Waals surface area contributed by atoms with Gasteiger partial charge in [0.25, 0.3) is 5.91 Å². The first-order chi connectivity index (χ1) is 12.5. The summed E-state index contributed by atoms with van der Waals surface area (Å²) in [5, 5.41) is 0. The zero-order valence-corrected chi connectivity index (χ0v) is 15.1. The van der Waals surface area contributed by atoms with E-state index < -0.39 is 12.0 Å². The standard InChI is InChI=1S/C21H22N2O3/c1-20(2)9-14-16(10-20)25-19-21-13(11-23(19)18(14)24)8-15(26-21)17(22-21)12-6-4-3-5-7-12/h3-7,13,15,19H,8-11H2,1-2H3/t13-,15-,19+,21-/m0/s1. The normalized spacial score (nSPS) is 38.8. The summed E-state index contributed by atoms with van der Waals surface area (Å²) in [6.45, 7) is 5.07. The largest absolute Gasteiger partial charge is 0.469 e. The molecule has 4 heterocycles. The number of nitrogens with zero attached hydrogens (tertiary/aromatic N) is 2. The van der Waals surface area contributed by atoms with Gasteiger partial charge in [-0.15, -0.1) is 0 Å². The van der Waals surface area contributed by atoms with Crippen LogP contribution in [0.4, 0.5) is 0 Å². The SMILES string of the molecule is CC1(C)CC2=C(C1)C(=O)N1C[C@@H]3C[C@@H]4O[C@]3(N=C4c3ccccc3)[C@H]1O2. The molecule has 2 saturated heterocycles. The molecule has 5 heteroatoms. The van der Waals surface area contributed by atoms with Crippen LogP contribution in [0.25, 0.3) is 0 Å². The Morgan fingerprint density at radius 3 is 2.81 bits per heavy atom. The lowest BCUT2D eigenvalue weighted by Crippen LogP contribution is -2.50. The molecule has 5 nitrogen and oxygen atoms in total. The van der Waals surface area contributed by atoms with Gasteiger partial charge in [-0.3, -0.25) is 9.69 Å². The van der Waals surface area contributed by atoms with Gasteiger partial charge in [0.05, 0.1) is 11.3 Å². The minimum atomic E-state index is -0.725. The summed E-state index contributed by atoms with van der Waals surface area (Å²) in [4.78, 5) is 20.0. The minimum Gasteiger partial charge on any atom is -0.469 e. The van der Waals surface area contributed by atoms with E-state index in [9.17, 15) is 4.79 Å². The number of allylic oxidation sites excluding steroid dienone is 1. The van der Waals surface area contributed by atoms with Gasteiger partial charge >= 0.3 is 0 Å². The molecule has 2 fully saturated rings. The number of aliphatic imine (C=N–C) groups is 1. The summed E-state index contributed by atoms with van der Waals surface area (Å²) >= 11 is 0. The van der Waals surface area contributed by atoms with Crippen LogP contribution in [-0.4, -0.2) is 41.1 Å². The Morgan fingerprint density at radius 2 is 2.00 bits per heavy atom. The van der Waals surface area contributed by atoms with E-state index in [4.69, 9.17) is 14.5 Å². The zero-order valence-electron chi connectivity index (χ0n) is 15.1. The zero-order chi connectivity index (χ0) is 17.7. The molecule has 0 unspecified atom stereocenters. The number of ether oxygens (including phenoxy) is 2. The molecule has 1 aromatic rings. The maximum Gasteiger partial charge on any atom is 0.256 e. The van der Waals surface area contributed by atoms with Crippen LogP contribution in [0.3, 0.4) is 0 Å². The molecule has 0 N–H and O–H groups in total. The summed E-state index contributed by atoms with van der Waals surface area (Å²) in [6.07, 6.45) is 2.12. The molecule has 26 heavy (non-hydrogen) atoms. The lowest BCUT2D eigenvalue weighted by Gasteiger charge is -2.36. The molecular weight excluding hydrogens is 328 g/mol. The second-order valence-electron chi connectivity index (χ2n) is 9.00. The van der Waals surface area contributed by atoms with Crippen molar-refractivity contribution in [3.05, 3.63) is 47.2 Å². The Kier molecular flexibility index (Phi) is 2.63. The molecule has 134 valence electrons. The fraction of sp³-hybridized carbons (Fsp3) is 0.524. The molecular formula is C21H22N2O3. The summed E-state index contributed by atoms with van der Waals surface area (Å²) in [7, 11) is 0. The van der Waals surface area contributed by atoms with Gasteiger partial charge in [0.2, 0.25) is 12.0 Å². The first kappa shape index (κ1) is 15.0. The van der Waals surface area contributed by atoms with E-state index in [2.05, 4.69) is 26.0 Å². The molecule has 0 aromatic heterocycles. The van der Waals surface area contributed by atoms with Crippen LogP contribution >= 0.6 is 0 Å². The maximum atomic E-state index is 13.1. The third-order valence-electron chi connectivity index (χ3n) is 6.54. The number of hydrogen-bond acceptors (Lipinski definition) is 4. The van der Waals surface area contributed by atoms with Crippen LogP contribution in [0.15, 0.2) is 46.7 Å². The molecule has 6 rings (SSSR count). The molecule has 0 radical (unpaired) electrons. The highest BCUT2D eigenvalue weighted by atomic mass is 16.6. The first-order valence-electron chi connectivity index (χ1n) is 9.49. The quantitative estimate of drug-likeness (QED) is 0.783. The molecule has 4 atom stereocenters. The highest BCUT2D eigenvalue weighted by Gasteiger charge is 2.69. The van der Waals surface area contributed by atoms with Gasteiger partial charge in [0.1, 0.15) is 11.9 Å². The van der Waals surface area contributed by atoms with Gasteiger partial charge in [-0.2, -0.15) is 0 Å². The first-order valence-corrected chi connectivity index (χ1v) is 9.49. The van der Waals surface area contributed by atoms with Gasteiger partial charge in [0, 0.05) is 18.9 Å². The number of fused-ring (bicyclic) bond motifs is 2. The third kappa shape index (κ3) is 1.74. The number of carbonyl (C=O) groups excluding carboxylic acids is 1. The van der Waals surface area contributed by atoms with E-state index in [1.807, 2.05) is 23.1 Å². The molecule has 1 aromatic carbocycles. The van der Waals surface area contributed by atoms with E-state index in [0.717, 1.165) is 41.9 Å². The lowest BCUT2D eigenvalue weighted by molar-refractivity contribution is -0.162. The fourth-order valence-corrected chi connectivity index (χ4v) is 5.42. The van der Waals surface area contributed by atoms with Gasteiger partial charge in [-0.25, -0.2) is 4.99 Å². The Bertz CT molecular complexity index is 888. The number of rotatable bonds is 1. The van der Waals surface area contributed by atoms with E-state index >= 15 is 0 Å². The molecule has 0 saturated carbocycles. The summed E-state index contributed by atoms with van der Waals surface area (Å²) in [6, 6.07) is 10.2. The van der Waals surface area contributed by atoms with Gasteiger partial charge in [0.15, 0.2) is 0 Å². The number of amides is 1. The van der Waals surface area contributed by atoms with Gasteiger partial charge in [-0.1, -0.05) is 44.2 Å².